The van der Waals surface area contributed by atoms with Crippen LogP contribution in [0.15, 0.2) is 48.5 Å². The molecule has 0 aromatic heterocycles. The molecule has 1 fully saturated rings. The van der Waals surface area contributed by atoms with Gasteiger partial charge in [-0.2, -0.15) is 18.4 Å². The van der Waals surface area contributed by atoms with Crippen molar-refractivity contribution in [2.75, 3.05) is 42.9 Å². The molecule has 2 aromatic rings. The number of para-hydroxylation sites is 1. The third-order valence-corrected chi connectivity index (χ3v) is 4.59. The molecule has 1 aliphatic heterocycles. The highest BCUT2D eigenvalue weighted by Gasteiger charge is 2.34. The van der Waals surface area contributed by atoms with Crippen LogP contribution in [0.5, 0.6) is 0 Å². The van der Waals surface area contributed by atoms with Crippen molar-refractivity contribution >= 4 is 17.3 Å². The molecule has 1 saturated heterocycles. The summed E-state index contributed by atoms with van der Waals surface area (Å²) in [6.07, 6.45) is -4.57. The molecule has 5 nitrogen and oxygen atoms in total. The van der Waals surface area contributed by atoms with Crippen LogP contribution in [-0.4, -0.2) is 43.5 Å². The third-order valence-electron chi connectivity index (χ3n) is 4.59. The summed E-state index contributed by atoms with van der Waals surface area (Å²) < 4.78 is 39.4. The van der Waals surface area contributed by atoms with E-state index in [1.54, 1.807) is 18.2 Å². The lowest BCUT2D eigenvalue weighted by molar-refractivity contribution is -0.137. The van der Waals surface area contributed by atoms with E-state index in [0.717, 1.165) is 11.8 Å². The standard InChI is InChI=1S/C20H19F3N4O/c21-20(22,23)18-12-17(7-6-15(18)13-24)27-10-8-26(9-11-27)14-19(28)25-16-4-2-1-3-5-16/h1-7,12H,8-11,14H2,(H,25,28). The van der Waals surface area contributed by atoms with Crippen molar-refractivity contribution in [1.82, 2.24) is 4.90 Å². The van der Waals surface area contributed by atoms with Crippen LogP contribution in [0.2, 0.25) is 0 Å². The first-order valence-corrected chi connectivity index (χ1v) is 8.80. The van der Waals surface area contributed by atoms with Gasteiger partial charge in [-0.15, -0.1) is 0 Å². The molecule has 0 unspecified atom stereocenters. The average molecular weight is 388 g/mol. The van der Waals surface area contributed by atoms with Crippen LogP contribution in [-0.2, 0) is 11.0 Å². The van der Waals surface area contributed by atoms with Gasteiger partial charge in [-0.3, -0.25) is 9.69 Å². The quantitative estimate of drug-likeness (QED) is 0.873. The van der Waals surface area contributed by atoms with Gasteiger partial charge < -0.3 is 10.2 Å². The first-order chi connectivity index (χ1) is 13.4. The molecule has 0 spiro atoms. The number of carbonyl (C=O) groups is 1. The molecule has 0 bridgehead atoms. The van der Waals surface area contributed by atoms with Crippen molar-refractivity contribution in [3.63, 3.8) is 0 Å². The number of anilines is 2. The monoisotopic (exact) mass is 388 g/mol. The number of amides is 1. The number of nitrogens with zero attached hydrogens (tertiary/aromatic N) is 3. The number of rotatable bonds is 4. The van der Waals surface area contributed by atoms with Gasteiger partial charge in [0.1, 0.15) is 0 Å². The van der Waals surface area contributed by atoms with Crippen molar-refractivity contribution in [2.45, 2.75) is 6.18 Å². The van der Waals surface area contributed by atoms with Crippen LogP contribution < -0.4 is 10.2 Å². The Morgan fingerprint density at radius 3 is 2.36 bits per heavy atom. The van der Waals surface area contributed by atoms with Gasteiger partial charge in [0.05, 0.1) is 23.7 Å². The number of nitrogens with one attached hydrogen (secondary N) is 1. The summed E-state index contributed by atoms with van der Waals surface area (Å²) in [4.78, 5) is 15.9. The number of alkyl halides is 3. The molecule has 3 rings (SSSR count). The SMILES string of the molecule is N#Cc1ccc(N2CCN(CC(=O)Nc3ccccc3)CC2)cc1C(F)(F)F. The van der Waals surface area contributed by atoms with Crippen molar-refractivity contribution in [3.05, 3.63) is 59.7 Å². The number of hydrogen-bond acceptors (Lipinski definition) is 4. The molecule has 1 amide bonds. The van der Waals surface area contributed by atoms with Gasteiger partial charge in [0.15, 0.2) is 0 Å². The van der Waals surface area contributed by atoms with E-state index in [9.17, 15) is 18.0 Å². The van der Waals surface area contributed by atoms with E-state index in [1.807, 2.05) is 28.0 Å². The minimum Gasteiger partial charge on any atom is -0.369 e. The second-order valence-corrected chi connectivity index (χ2v) is 6.52. The Hall–Kier alpha value is -3.05. The number of halogens is 3. The lowest BCUT2D eigenvalue weighted by Crippen LogP contribution is -2.48. The van der Waals surface area contributed by atoms with E-state index in [2.05, 4.69) is 5.32 Å². The van der Waals surface area contributed by atoms with Crippen LogP contribution in [0.25, 0.3) is 0 Å². The first kappa shape index (κ1) is 19.7. The lowest BCUT2D eigenvalue weighted by atomic mass is 10.1. The zero-order chi connectivity index (χ0) is 20.1. The second-order valence-electron chi connectivity index (χ2n) is 6.52. The van der Waals surface area contributed by atoms with Crippen molar-refractivity contribution in [1.29, 1.82) is 5.26 Å². The van der Waals surface area contributed by atoms with E-state index in [0.29, 0.717) is 31.9 Å². The van der Waals surface area contributed by atoms with Crippen LogP contribution >= 0.6 is 0 Å². The predicted octanol–water partition coefficient (Wildman–Crippen LogP) is 3.34. The van der Waals surface area contributed by atoms with Gasteiger partial charge in [-0.05, 0) is 30.3 Å². The van der Waals surface area contributed by atoms with E-state index in [1.165, 1.54) is 12.1 Å². The molecule has 2 aromatic carbocycles. The molecule has 1 N–H and O–H groups in total. The fourth-order valence-corrected chi connectivity index (χ4v) is 3.15. The molecule has 0 radical (unpaired) electrons. The molecule has 1 aliphatic rings. The Morgan fingerprint density at radius 2 is 1.75 bits per heavy atom. The molecular formula is C20H19F3N4O. The van der Waals surface area contributed by atoms with E-state index in [-0.39, 0.29) is 18.0 Å². The second kappa shape index (κ2) is 8.31. The predicted molar refractivity (Wildman–Crippen MR) is 99.9 cm³/mol. The smallest absolute Gasteiger partial charge is 0.369 e. The van der Waals surface area contributed by atoms with Gasteiger partial charge in [0, 0.05) is 37.6 Å². The lowest BCUT2D eigenvalue weighted by Gasteiger charge is -2.36. The molecule has 8 heteroatoms. The van der Waals surface area contributed by atoms with Crippen LogP contribution in [0, 0.1) is 11.3 Å². The summed E-state index contributed by atoms with van der Waals surface area (Å²) in [5, 5.41) is 11.7. The minimum absolute atomic E-state index is 0.127. The van der Waals surface area contributed by atoms with Gasteiger partial charge in [-0.25, -0.2) is 0 Å². The van der Waals surface area contributed by atoms with Crippen LogP contribution in [0.4, 0.5) is 24.5 Å². The topological polar surface area (TPSA) is 59.4 Å². The fraction of sp³-hybridized carbons (Fsp3) is 0.300. The number of nitriles is 1. The van der Waals surface area contributed by atoms with E-state index >= 15 is 0 Å². The summed E-state index contributed by atoms with van der Waals surface area (Å²) in [7, 11) is 0. The molecule has 0 saturated carbocycles. The largest absolute Gasteiger partial charge is 0.417 e. The average Bonchev–Trinajstić information content (AvgIpc) is 2.68. The van der Waals surface area contributed by atoms with Crippen molar-refractivity contribution in [3.8, 4) is 6.07 Å². The zero-order valence-corrected chi connectivity index (χ0v) is 15.0. The number of carbonyl (C=O) groups excluding carboxylic acids is 1. The Balaban J connectivity index is 1.58. The van der Waals surface area contributed by atoms with Gasteiger partial charge in [-0.1, -0.05) is 18.2 Å². The Morgan fingerprint density at radius 1 is 1.07 bits per heavy atom. The normalized spacial score (nSPS) is 15.1. The van der Waals surface area contributed by atoms with Gasteiger partial charge in [0.25, 0.3) is 0 Å². The molecule has 0 aliphatic carbocycles. The summed E-state index contributed by atoms with van der Waals surface area (Å²) >= 11 is 0. The molecular weight excluding hydrogens is 369 g/mol. The number of hydrogen-bond donors (Lipinski definition) is 1. The van der Waals surface area contributed by atoms with Gasteiger partial charge in [0.2, 0.25) is 5.91 Å². The maximum absolute atomic E-state index is 13.1. The molecule has 1 heterocycles. The Kier molecular flexibility index (Phi) is 5.85. The molecule has 28 heavy (non-hydrogen) atoms. The highest BCUT2D eigenvalue weighted by molar-refractivity contribution is 5.92. The summed E-state index contributed by atoms with van der Waals surface area (Å²) in [5.41, 5.74) is -0.146. The van der Waals surface area contributed by atoms with Crippen LogP contribution in [0.1, 0.15) is 11.1 Å². The number of benzene rings is 2. The maximum atomic E-state index is 13.1. The summed E-state index contributed by atoms with van der Waals surface area (Å²) in [6, 6.07) is 14.5. The third kappa shape index (κ3) is 4.81. The van der Waals surface area contributed by atoms with Gasteiger partial charge >= 0.3 is 6.18 Å². The highest BCUT2D eigenvalue weighted by Crippen LogP contribution is 2.34. The van der Waals surface area contributed by atoms with E-state index < -0.39 is 11.7 Å². The van der Waals surface area contributed by atoms with Crippen molar-refractivity contribution in [2.24, 2.45) is 0 Å². The molecule has 146 valence electrons. The fourth-order valence-electron chi connectivity index (χ4n) is 3.15. The summed E-state index contributed by atoms with van der Waals surface area (Å²) in [6.45, 7) is 2.35. The first-order valence-electron chi connectivity index (χ1n) is 8.80. The van der Waals surface area contributed by atoms with Crippen LogP contribution in [0.3, 0.4) is 0 Å². The highest BCUT2D eigenvalue weighted by atomic mass is 19.4. The summed E-state index contributed by atoms with van der Waals surface area (Å²) in [5.74, 6) is -0.127. The zero-order valence-electron chi connectivity index (χ0n) is 15.0. The maximum Gasteiger partial charge on any atom is 0.417 e. The Labute approximate surface area is 161 Å². The van der Waals surface area contributed by atoms with E-state index in [4.69, 9.17) is 5.26 Å². The minimum atomic E-state index is -4.57. The van der Waals surface area contributed by atoms with Crippen molar-refractivity contribution < 1.29 is 18.0 Å². The molecule has 0 atom stereocenters. The Bertz CT molecular complexity index is 869. The number of piperazine rings is 1.